The summed E-state index contributed by atoms with van der Waals surface area (Å²) in [6, 6.07) is 1.73. The highest BCUT2D eigenvalue weighted by atomic mass is 32.2. The zero-order valence-electron chi connectivity index (χ0n) is 8.89. The lowest BCUT2D eigenvalue weighted by Crippen LogP contribution is -2.09. The van der Waals surface area contributed by atoms with Gasteiger partial charge in [-0.05, 0) is 25.6 Å². The minimum absolute atomic E-state index is 0.554. The molecule has 84 valence electrons. The molecule has 0 saturated heterocycles. The molecule has 3 N–H and O–H groups in total. The van der Waals surface area contributed by atoms with Crippen LogP contribution in [0, 0.1) is 13.8 Å². The summed E-state index contributed by atoms with van der Waals surface area (Å²) in [4.78, 5) is 12.5. The summed E-state index contributed by atoms with van der Waals surface area (Å²) in [5.41, 5.74) is 3.32. The van der Waals surface area contributed by atoms with Crippen LogP contribution in [0.15, 0.2) is 27.0 Å². The van der Waals surface area contributed by atoms with Crippen molar-refractivity contribution in [3.8, 4) is 0 Å². The number of aryl methyl sites for hydroxylation is 2. The Balaban J connectivity index is 2.24. The predicted molar refractivity (Wildman–Crippen MR) is 59.9 cm³/mol. The topological polar surface area (TPSA) is 89.9 Å². The molecule has 0 bridgehead atoms. The summed E-state index contributed by atoms with van der Waals surface area (Å²) >= 11 is 1.33. The molecule has 0 fully saturated rings. The zero-order valence-corrected chi connectivity index (χ0v) is 9.71. The Morgan fingerprint density at radius 2 is 2.12 bits per heavy atom. The number of nitrogens with two attached hydrogens (primary N) is 1. The molecule has 7 heteroatoms. The van der Waals surface area contributed by atoms with Crippen molar-refractivity contribution in [2.75, 3.05) is 5.43 Å². The van der Waals surface area contributed by atoms with Gasteiger partial charge in [-0.25, -0.2) is 20.8 Å². The maximum Gasteiger partial charge on any atom is 0.262 e. The van der Waals surface area contributed by atoms with Gasteiger partial charge < -0.3 is 9.84 Å². The van der Waals surface area contributed by atoms with Gasteiger partial charge in [0.1, 0.15) is 22.9 Å². The molecule has 0 unspecified atom stereocenters. The lowest BCUT2D eigenvalue weighted by Gasteiger charge is -2.02. The van der Waals surface area contributed by atoms with Gasteiger partial charge in [0, 0.05) is 6.07 Å². The maximum atomic E-state index is 5.30. The number of hydrazine groups is 1. The van der Waals surface area contributed by atoms with Crippen molar-refractivity contribution in [2.24, 2.45) is 5.84 Å². The molecular weight excluding hydrogens is 226 g/mol. The van der Waals surface area contributed by atoms with Crippen LogP contribution >= 0.6 is 11.8 Å². The SMILES string of the molecule is Cc1coc(Sc2cc(NN)nc(C)n2)n1. The largest absolute Gasteiger partial charge is 0.439 e. The fraction of sp³-hybridized carbons (Fsp3) is 0.222. The molecule has 0 aliphatic heterocycles. The first-order chi connectivity index (χ1) is 7.67. The monoisotopic (exact) mass is 237 g/mol. The molecule has 6 nitrogen and oxygen atoms in total. The Hall–Kier alpha value is -1.60. The van der Waals surface area contributed by atoms with Crippen LogP contribution in [0.2, 0.25) is 0 Å². The first-order valence-corrected chi connectivity index (χ1v) is 5.41. The van der Waals surface area contributed by atoms with E-state index < -0.39 is 0 Å². The summed E-state index contributed by atoms with van der Waals surface area (Å²) in [5.74, 6) is 6.50. The number of anilines is 1. The highest BCUT2D eigenvalue weighted by molar-refractivity contribution is 7.99. The van der Waals surface area contributed by atoms with Gasteiger partial charge >= 0.3 is 0 Å². The van der Waals surface area contributed by atoms with Crippen molar-refractivity contribution in [1.82, 2.24) is 15.0 Å². The minimum Gasteiger partial charge on any atom is -0.439 e. The van der Waals surface area contributed by atoms with E-state index in [1.807, 2.05) is 6.92 Å². The highest BCUT2D eigenvalue weighted by Crippen LogP contribution is 2.26. The maximum absolute atomic E-state index is 5.30. The second-order valence-corrected chi connectivity index (χ2v) is 4.11. The van der Waals surface area contributed by atoms with E-state index in [-0.39, 0.29) is 0 Å². The van der Waals surface area contributed by atoms with Gasteiger partial charge in [0.15, 0.2) is 0 Å². The molecule has 2 aromatic heterocycles. The number of aromatic nitrogens is 3. The van der Waals surface area contributed by atoms with Crippen molar-refractivity contribution >= 4 is 17.6 Å². The number of nitrogens with zero attached hydrogens (tertiary/aromatic N) is 3. The zero-order chi connectivity index (χ0) is 11.5. The standard InChI is InChI=1S/C9H11N5OS/c1-5-4-15-9(11-5)16-8-3-7(14-10)12-6(2)13-8/h3-4H,10H2,1-2H3,(H,12,13,14). The number of nitrogens with one attached hydrogen (secondary N) is 1. The van der Waals surface area contributed by atoms with Gasteiger partial charge in [0.2, 0.25) is 0 Å². The number of nitrogen functional groups attached to an aromatic ring is 1. The Morgan fingerprint density at radius 1 is 1.31 bits per heavy atom. The Kier molecular flexibility index (Phi) is 3.07. The summed E-state index contributed by atoms with van der Waals surface area (Å²) in [5, 5.41) is 1.29. The molecule has 0 radical (unpaired) electrons. The molecule has 0 amide bonds. The van der Waals surface area contributed by atoms with Crippen LogP contribution in [-0.4, -0.2) is 15.0 Å². The molecule has 0 saturated carbocycles. The quantitative estimate of drug-likeness (QED) is 0.475. The average molecular weight is 237 g/mol. The molecule has 2 aromatic rings. The van der Waals surface area contributed by atoms with E-state index in [9.17, 15) is 0 Å². The van der Waals surface area contributed by atoms with E-state index in [1.54, 1.807) is 19.3 Å². The first kappa shape index (κ1) is 10.9. The van der Waals surface area contributed by atoms with Crippen LogP contribution in [0.3, 0.4) is 0 Å². The van der Waals surface area contributed by atoms with Crippen LogP contribution in [0.25, 0.3) is 0 Å². The normalized spacial score (nSPS) is 10.4. The smallest absolute Gasteiger partial charge is 0.262 e. The highest BCUT2D eigenvalue weighted by Gasteiger charge is 2.07. The van der Waals surface area contributed by atoms with E-state index in [2.05, 4.69) is 20.4 Å². The van der Waals surface area contributed by atoms with Crippen molar-refractivity contribution < 1.29 is 4.42 Å². The molecule has 0 aliphatic rings. The third-order valence-corrected chi connectivity index (χ3v) is 2.53. The molecule has 2 heterocycles. The third kappa shape index (κ3) is 2.50. The fourth-order valence-corrected chi connectivity index (χ4v) is 1.95. The lowest BCUT2D eigenvalue weighted by atomic mass is 10.5. The molecule has 0 spiro atoms. The Labute approximate surface area is 96.7 Å². The van der Waals surface area contributed by atoms with Gasteiger partial charge in [-0.2, -0.15) is 0 Å². The van der Waals surface area contributed by atoms with E-state index in [4.69, 9.17) is 10.3 Å². The van der Waals surface area contributed by atoms with Gasteiger partial charge in [-0.15, -0.1) is 0 Å². The number of hydrogen-bond acceptors (Lipinski definition) is 7. The van der Waals surface area contributed by atoms with E-state index in [0.717, 1.165) is 10.7 Å². The molecule has 16 heavy (non-hydrogen) atoms. The average Bonchev–Trinajstić information content (AvgIpc) is 2.63. The van der Waals surface area contributed by atoms with Gasteiger partial charge in [0.05, 0.1) is 5.69 Å². The summed E-state index contributed by atoms with van der Waals surface area (Å²) < 4.78 is 5.22. The summed E-state index contributed by atoms with van der Waals surface area (Å²) in [7, 11) is 0. The van der Waals surface area contributed by atoms with Crippen molar-refractivity contribution in [1.29, 1.82) is 0 Å². The molecule has 0 aliphatic carbocycles. The predicted octanol–water partition coefficient (Wildman–Crippen LogP) is 1.52. The molecule has 0 atom stereocenters. The minimum atomic E-state index is 0.554. The first-order valence-electron chi connectivity index (χ1n) is 4.59. The van der Waals surface area contributed by atoms with Gasteiger partial charge in [-0.1, -0.05) is 0 Å². The summed E-state index contributed by atoms with van der Waals surface area (Å²) in [6.45, 7) is 3.66. The second-order valence-electron chi connectivity index (χ2n) is 3.14. The lowest BCUT2D eigenvalue weighted by molar-refractivity contribution is 0.453. The van der Waals surface area contributed by atoms with Crippen molar-refractivity contribution in [2.45, 2.75) is 24.1 Å². The van der Waals surface area contributed by atoms with Crippen LogP contribution < -0.4 is 11.3 Å². The van der Waals surface area contributed by atoms with E-state index in [1.165, 1.54) is 11.8 Å². The van der Waals surface area contributed by atoms with Gasteiger partial charge in [0.25, 0.3) is 5.22 Å². The van der Waals surface area contributed by atoms with Crippen LogP contribution in [0.4, 0.5) is 5.82 Å². The van der Waals surface area contributed by atoms with Crippen LogP contribution in [0.5, 0.6) is 0 Å². The van der Waals surface area contributed by atoms with Crippen LogP contribution in [-0.2, 0) is 0 Å². The molecule has 2 rings (SSSR count). The number of oxazole rings is 1. The Bertz CT molecular complexity index is 498. The van der Waals surface area contributed by atoms with E-state index in [0.29, 0.717) is 16.9 Å². The Morgan fingerprint density at radius 3 is 2.75 bits per heavy atom. The molecule has 0 aromatic carbocycles. The number of rotatable bonds is 3. The third-order valence-electron chi connectivity index (χ3n) is 1.75. The second kappa shape index (κ2) is 4.50. The van der Waals surface area contributed by atoms with Crippen molar-refractivity contribution in [3.05, 3.63) is 23.8 Å². The fourth-order valence-electron chi connectivity index (χ4n) is 1.14. The summed E-state index contributed by atoms with van der Waals surface area (Å²) in [6.07, 6.45) is 1.60. The molecular formula is C9H11N5OS. The number of hydrogen-bond donors (Lipinski definition) is 2. The van der Waals surface area contributed by atoms with Crippen molar-refractivity contribution in [3.63, 3.8) is 0 Å². The van der Waals surface area contributed by atoms with Gasteiger partial charge in [-0.3, -0.25) is 0 Å². The van der Waals surface area contributed by atoms with E-state index >= 15 is 0 Å². The van der Waals surface area contributed by atoms with Crippen LogP contribution in [0.1, 0.15) is 11.5 Å².